The Labute approximate surface area is 84.5 Å². The molecular formula is C7H10N4O4. The fraction of sp³-hybridized carbons (Fsp3) is 0.571. The summed E-state index contributed by atoms with van der Waals surface area (Å²) in [5.41, 5.74) is 0. The van der Waals surface area contributed by atoms with Crippen LogP contribution in [0.25, 0.3) is 0 Å². The zero-order valence-corrected chi connectivity index (χ0v) is 7.78. The van der Waals surface area contributed by atoms with Gasteiger partial charge in [-0.15, -0.1) is 5.10 Å². The zero-order valence-electron chi connectivity index (χ0n) is 7.78. The van der Waals surface area contributed by atoms with E-state index in [9.17, 15) is 9.59 Å². The van der Waals surface area contributed by atoms with Gasteiger partial charge in [0, 0.05) is 6.54 Å². The third-order valence-corrected chi connectivity index (χ3v) is 1.87. The Kier molecular flexibility index (Phi) is 3.72. The van der Waals surface area contributed by atoms with Crippen LogP contribution in [0.15, 0.2) is 6.33 Å². The van der Waals surface area contributed by atoms with E-state index in [2.05, 4.69) is 15.5 Å². The van der Waals surface area contributed by atoms with E-state index in [1.165, 1.54) is 11.0 Å². The summed E-state index contributed by atoms with van der Waals surface area (Å²) in [4.78, 5) is 21.0. The van der Waals surface area contributed by atoms with Crippen molar-refractivity contribution in [3.05, 3.63) is 6.33 Å². The normalized spacial score (nSPS) is 12.3. The Morgan fingerprint density at radius 3 is 2.60 bits per heavy atom. The van der Waals surface area contributed by atoms with Crippen LogP contribution in [-0.4, -0.2) is 42.4 Å². The van der Waals surface area contributed by atoms with Crippen molar-refractivity contribution in [2.75, 3.05) is 0 Å². The number of tetrazole rings is 1. The number of aromatic nitrogens is 4. The molecule has 15 heavy (non-hydrogen) atoms. The van der Waals surface area contributed by atoms with Gasteiger partial charge in [-0.2, -0.15) is 0 Å². The second-order valence-electron chi connectivity index (χ2n) is 2.99. The predicted octanol–water partition coefficient (Wildman–Crippen LogP) is -0.761. The number of carbonyl (C=O) groups is 2. The molecule has 0 aromatic carbocycles. The number of carboxylic acid groups (broad SMARTS) is 2. The molecule has 8 heteroatoms. The number of aliphatic carboxylic acids is 2. The summed E-state index contributed by atoms with van der Waals surface area (Å²) in [5, 5.41) is 27.5. The number of nitrogens with zero attached hydrogens (tertiary/aromatic N) is 4. The summed E-state index contributed by atoms with van der Waals surface area (Å²) < 4.78 is 1.36. The van der Waals surface area contributed by atoms with Crippen LogP contribution in [0, 0.1) is 5.92 Å². The maximum absolute atomic E-state index is 10.7. The Morgan fingerprint density at radius 2 is 2.13 bits per heavy atom. The van der Waals surface area contributed by atoms with Crippen molar-refractivity contribution < 1.29 is 19.8 Å². The van der Waals surface area contributed by atoms with Gasteiger partial charge in [0.15, 0.2) is 0 Å². The first kappa shape index (κ1) is 11.1. The molecule has 1 atom stereocenters. The first-order valence-corrected chi connectivity index (χ1v) is 4.25. The minimum atomic E-state index is -1.13. The maximum atomic E-state index is 10.7. The molecule has 1 rings (SSSR count). The van der Waals surface area contributed by atoms with Gasteiger partial charge in [0.2, 0.25) is 0 Å². The molecule has 1 heterocycles. The zero-order chi connectivity index (χ0) is 11.3. The van der Waals surface area contributed by atoms with Gasteiger partial charge in [-0.1, -0.05) is 0 Å². The van der Waals surface area contributed by atoms with Gasteiger partial charge in [-0.25, -0.2) is 4.68 Å². The molecule has 0 bridgehead atoms. The standard InChI is InChI=1S/C7H10N4O4/c12-6(13)3-5(7(14)15)1-2-11-4-8-9-10-11/h4-5H,1-3H2,(H,12,13)(H,14,15). The molecule has 1 unspecified atom stereocenters. The van der Waals surface area contributed by atoms with Crippen LogP contribution in [0.3, 0.4) is 0 Å². The van der Waals surface area contributed by atoms with E-state index in [1.807, 2.05) is 0 Å². The largest absolute Gasteiger partial charge is 0.481 e. The topological polar surface area (TPSA) is 118 Å². The molecule has 1 aromatic rings. The third-order valence-electron chi connectivity index (χ3n) is 1.87. The van der Waals surface area contributed by atoms with Gasteiger partial charge in [-0.05, 0) is 16.8 Å². The lowest BCUT2D eigenvalue weighted by molar-refractivity contribution is -0.148. The predicted molar refractivity (Wildman–Crippen MR) is 45.8 cm³/mol. The fourth-order valence-corrected chi connectivity index (χ4v) is 1.09. The second-order valence-corrected chi connectivity index (χ2v) is 2.99. The lowest BCUT2D eigenvalue weighted by Gasteiger charge is -2.08. The molecule has 0 aliphatic rings. The Bertz CT molecular complexity index is 337. The highest BCUT2D eigenvalue weighted by molar-refractivity contribution is 5.77. The highest BCUT2D eigenvalue weighted by Crippen LogP contribution is 2.09. The highest BCUT2D eigenvalue weighted by Gasteiger charge is 2.20. The van der Waals surface area contributed by atoms with Crippen LogP contribution in [0.4, 0.5) is 0 Å². The molecule has 2 N–H and O–H groups in total. The number of rotatable bonds is 6. The molecule has 0 radical (unpaired) electrons. The van der Waals surface area contributed by atoms with E-state index >= 15 is 0 Å². The fourth-order valence-electron chi connectivity index (χ4n) is 1.09. The van der Waals surface area contributed by atoms with Gasteiger partial charge in [0.25, 0.3) is 0 Å². The van der Waals surface area contributed by atoms with E-state index < -0.39 is 24.3 Å². The molecular weight excluding hydrogens is 204 g/mol. The Balaban J connectivity index is 2.45. The molecule has 82 valence electrons. The first-order chi connectivity index (χ1) is 7.09. The van der Waals surface area contributed by atoms with Crippen LogP contribution < -0.4 is 0 Å². The quantitative estimate of drug-likeness (QED) is 0.638. The lowest BCUT2D eigenvalue weighted by Crippen LogP contribution is -2.19. The van der Waals surface area contributed by atoms with Crippen LogP contribution in [0.5, 0.6) is 0 Å². The average Bonchev–Trinajstić information content (AvgIpc) is 2.63. The monoisotopic (exact) mass is 214 g/mol. The first-order valence-electron chi connectivity index (χ1n) is 4.25. The summed E-state index contributed by atoms with van der Waals surface area (Å²) in [6, 6.07) is 0. The minimum absolute atomic E-state index is 0.187. The molecule has 0 saturated heterocycles. The summed E-state index contributed by atoms with van der Waals surface area (Å²) in [6.45, 7) is 0.289. The third kappa shape index (κ3) is 3.71. The molecule has 8 nitrogen and oxygen atoms in total. The number of hydrogen-bond acceptors (Lipinski definition) is 5. The van der Waals surface area contributed by atoms with Gasteiger partial charge in [0.1, 0.15) is 6.33 Å². The van der Waals surface area contributed by atoms with Crippen LogP contribution in [-0.2, 0) is 16.1 Å². The molecule has 0 spiro atoms. The summed E-state index contributed by atoms with van der Waals surface area (Å²) >= 11 is 0. The van der Waals surface area contributed by atoms with Crippen LogP contribution >= 0.6 is 0 Å². The molecule has 0 aliphatic carbocycles. The van der Waals surface area contributed by atoms with Gasteiger partial charge in [-0.3, -0.25) is 9.59 Å². The van der Waals surface area contributed by atoms with Crippen molar-refractivity contribution in [2.45, 2.75) is 19.4 Å². The minimum Gasteiger partial charge on any atom is -0.481 e. The van der Waals surface area contributed by atoms with Crippen LogP contribution in [0.1, 0.15) is 12.8 Å². The Hall–Kier alpha value is -1.99. The summed E-state index contributed by atoms with van der Waals surface area (Å²) in [5.74, 6) is -3.16. The van der Waals surface area contributed by atoms with Gasteiger partial charge >= 0.3 is 11.9 Å². The SMILES string of the molecule is O=C(O)CC(CCn1cnnn1)C(=O)O. The van der Waals surface area contributed by atoms with Crippen molar-refractivity contribution in [3.63, 3.8) is 0 Å². The molecule has 0 amide bonds. The van der Waals surface area contributed by atoms with Gasteiger partial charge in [0.05, 0.1) is 12.3 Å². The van der Waals surface area contributed by atoms with E-state index in [4.69, 9.17) is 10.2 Å². The molecule has 1 aromatic heterocycles. The number of carboxylic acids is 2. The van der Waals surface area contributed by atoms with Crippen molar-refractivity contribution in [2.24, 2.45) is 5.92 Å². The number of hydrogen-bond donors (Lipinski definition) is 2. The van der Waals surface area contributed by atoms with Crippen molar-refractivity contribution in [1.82, 2.24) is 20.2 Å². The van der Waals surface area contributed by atoms with Gasteiger partial charge < -0.3 is 10.2 Å². The molecule has 0 saturated carbocycles. The van der Waals surface area contributed by atoms with Crippen LogP contribution in [0.2, 0.25) is 0 Å². The Morgan fingerprint density at radius 1 is 1.40 bits per heavy atom. The second kappa shape index (κ2) is 5.03. The smallest absolute Gasteiger partial charge is 0.307 e. The highest BCUT2D eigenvalue weighted by atomic mass is 16.4. The average molecular weight is 214 g/mol. The van der Waals surface area contributed by atoms with Crippen molar-refractivity contribution >= 4 is 11.9 Å². The maximum Gasteiger partial charge on any atom is 0.307 e. The van der Waals surface area contributed by atoms with Crippen molar-refractivity contribution in [1.29, 1.82) is 0 Å². The van der Waals surface area contributed by atoms with E-state index in [-0.39, 0.29) is 13.0 Å². The van der Waals surface area contributed by atoms with E-state index in [0.717, 1.165) is 0 Å². The number of aryl methyl sites for hydroxylation is 1. The summed E-state index contributed by atoms with van der Waals surface area (Å²) in [6.07, 6.45) is 1.14. The van der Waals surface area contributed by atoms with E-state index in [0.29, 0.717) is 0 Å². The van der Waals surface area contributed by atoms with Crippen molar-refractivity contribution in [3.8, 4) is 0 Å². The summed E-state index contributed by atoms with van der Waals surface area (Å²) in [7, 11) is 0. The van der Waals surface area contributed by atoms with E-state index in [1.54, 1.807) is 0 Å². The molecule has 0 aliphatic heterocycles. The lowest BCUT2D eigenvalue weighted by atomic mass is 10.0. The molecule has 0 fully saturated rings.